The summed E-state index contributed by atoms with van der Waals surface area (Å²) >= 11 is 0. The number of hydrogen-bond donors (Lipinski definition) is 0. The second-order valence-corrected chi connectivity index (χ2v) is 6.43. The monoisotopic (exact) mass is 298 g/mol. The van der Waals surface area contributed by atoms with E-state index in [0.717, 1.165) is 19.1 Å². The average molecular weight is 298 g/mol. The van der Waals surface area contributed by atoms with Gasteiger partial charge in [0, 0.05) is 5.92 Å². The van der Waals surface area contributed by atoms with E-state index in [2.05, 4.69) is 13.8 Å². The van der Waals surface area contributed by atoms with Gasteiger partial charge in [-0.3, -0.25) is 4.79 Å². The van der Waals surface area contributed by atoms with Crippen LogP contribution in [0.15, 0.2) is 0 Å². The molecule has 7 atom stereocenters. The van der Waals surface area contributed by atoms with Crippen LogP contribution in [0.2, 0.25) is 0 Å². The van der Waals surface area contributed by atoms with Gasteiger partial charge in [0.2, 0.25) is 0 Å². The second-order valence-electron chi connectivity index (χ2n) is 6.43. The van der Waals surface area contributed by atoms with E-state index in [1.807, 2.05) is 6.92 Å². The van der Waals surface area contributed by atoms with Gasteiger partial charge in [0.05, 0.1) is 37.9 Å². The Morgan fingerprint density at radius 2 is 2.00 bits per heavy atom. The molecule has 5 heteroatoms. The minimum absolute atomic E-state index is 0.00138. The van der Waals surface area contributed by atoms with Crippen LogP contribution in [-0.2, 0) is 23.8 Å². The lowest BCUT2D eigenvalue weighted by molar-refractivity contribution is -0.234. The molecule has 2 fully saturated rings. The molecule has 2 saturated heterocycles. The molecule has 0 aromatic rings. The van der Waals surface area contributed by atoms with Gasteiger partial charge in [0.25, 0.3) is 0 Å². The van der Waals surface area contributed by atoms with Gasteiger partial charge < -0.3 is 19.0 Å². The first-order chi connectivity index (χ1) is 9.97. The van der Waals surface area contributed by atoms with Gasteiger partial charge in [-0.25, -0.2) is 0 Å². The predicted molar refractivity (Wildman–Crippen MR) is 76.7 cm³/mol. The molecule has 0 aromatic heterocycles. The molecular formula is C16H26O5. The van der Waals surface area contributed by atoms with Crippen molar-refractivity contribution in [2.45, 2.75) is 64.4 Å². The summed E-state index contributed by atoms with van der Waals surface area (Å²) < 4.78 is 16.9. The number of esters is 1. The summed E-state index contributed by atoms with van der Waals surface area (Å²) in [7, 11) is 1.40. The van der Waals surface area contributed by atoms with Crippen molar-refractivity contribution in [1.29, 1.82) is 0 Å². The number of hydrogen-bond acceptors (Lipinski definition) is 5. The van der Waals surface area contributed by atoms with Crippen LogP contribution in [-0.4, -0.2) is 43.8 Å². The van der Waals surface area contributed by atoms with E-state index in [9.17, 15) is 9.59 Å². The first kappa shape index (κ1) is 16.4. The van der Waals surface area contributed by atoms with Gasteiger partial charge >= 0.3 is 5.97 Å². The van der Waals surface area contributed by atoms with Crippen molar-refractivity contribution in [2.75, 3.05) is 7.11 Å². The zero-order valence-corrected chi connectivity index (χ0v) is 13.3. The number of aldehydes is 1. The van der Waals surface area contributed by atoms with E-state index in [0.29, 0.717) is 12.3 Å². The van der Waals surface area contributed by atoms with Gasteiger partial charge in [-0.2, -0.15) is 0 Å². The lowest BCUT2D eigenvalue weighted by atomic mass is 9.76. The number of rotatable bonds is 4. The van der Waals surface area contributed by atoms with E-state index < -0.39 is 0 Å². The lowest BCUT2D eigenvalue weighted by Gasteiger charge is -2.49. The maximum atomic E-state index is 11.4. The fourth-order valence-electron chi connectivity index (χ4n) is 3.52. The van der Waals surface area contributed by atoms with Crippen molar-refractivity contribution in [3.05, 3.63) is 0 Å². The smallest absolute Gasteiger partial charge is 0.308 e. The molecule has 0 bridgehead atoms. The third kappa shape index (κ3) is 3.46. The third-order valence-electron chi connectivity index (χ3n) is 5.04. The molecule has 0 spiro atoms. The van der Waals surface area contributed by atoms with E-state index in [1.165, 1.54) is 7.11 Å². The minimum Gasteiger partial charge on any atom is -0.469 e. The maximum Gasteiger partial charge on any atom is 0.308 e. The molecule has 120 valence electrons. The van der Waals surface area contributed by atoms with E-state index in [4.69, 9.17) is 14.2 Å². The molecule has 0 saturated carbocycles. The highest BCUT2D eigenvalue weighted by Crippen LogP contribution is 2.40. The molecule has 2 aliphatic rings. The Kier molecular flexibility index (Phi) is 5.38. The van der Waals surface area contributed by atoms with Gasteiger partial charge in [-0.05, 0) is 24.7 Å². The quantitative estimate of drug-likeness (QED) is 0.586. The van der Waals surface area contributed by atoms with E-state index >= 15 is 0 Å². The van der Waals surface area contributed by atoms with Crippen molar-refractivity contribution in [3.8, 4) is 0 Å². The maximum absolute atomic E-state index is 11.4. The molecule has 2 rings (SSSR count). The van der Waals surface area contributed by atoms with Crippen LogP contribution >= 0.6 is 0 Å². The summed E-state index contributed by atoms with van der Waals surface area (Å²) in [6.07, 6.45) is 2.82. The topological polar surface area (TPSA) is 61.8 Å². The molecular weight excluding hydrogens is 272 g/mol. The summed E-state index contributed by atoms with van der Waals surface area (Å²) in [6.45, 7) is 6.17. The van der Waals surface area contributed by atoms with Crippen LogP contribution < -0.4 is 0 Å². The number of carbonyl (C=O) groups is 2. The Morgan fingerprint density at radius 1 is 1.29 bits per heavy atom. The largest absolute Gasteiger partial charge is 0.469 e. The van der Waals surface area contributed by atoms with Crippen molar-refractivity contribution in [1.82, 2.24) is 0 Å². The van der Waals surface area contributed by atoms with Crippen LogP contribution in [0.25, 0.3) is 0 Å². The summed E-state index contributed by atoms with van der Waals surface area (Å²) in [5.41, 5.74) is 0. The van der Waals surface area contributed by atoms with Crippen molar-refractivity contribution >= 4 is 12.3 Å². The molecule has 21 heavy (non-hydrogen) atoms. The number of ether oxygens (including phenoxy) is 3. The number of fused-ring (bicyclic) bond motifs is 1. The molecule has 0 radical (unpaired) electrons. The van der Waals surface area contributed by atoms with Crippen LogP contribution in [0.3, 0.4) is 0 Å². The molecule has 0 N–H and O–H groups in total. The van der Waals surface area contributed by atoms with Crippen LogP contribution in [0.4, 0.5) is 0 Å². The summed E-state index contributed by atoms with van der Waals surface area (Å²) in [6, 6.07) is 0. The standard InChI is InChI=1S/C16H26O5/c1-9(8-17)15-10(2)11(3)16-13(21-15)6-5-12(20-16)7-14(18)19-4/h8-13,15-16H,5-7H2,1-4H3/t9-,10-,11+,12+,13-,15-,16+/m0/s1. The summed E-state index contributed by atoms with van der Waals surface area (Å²) in [5.74, 6) is 0.222. The molecule has 2 heterocycles. The number of carbonyl (C=O) groups excluding carboxylic acids is 2. The Morgan fingerprint density at radius 3 is 2.62 bits per heavy atom. The Bertz CT molecular complexity index is 381. The zero-order valence-electron chi connectivity index (χ0n) is 13.3. The highest BCUT2D eigenvalue weighted by molar-refractivity contribution is 5.69. The van der Waals surface area contributed by atoms with Crippen LogP contribution in [0.5, 0.6) is 0 Å². The van der Waals surface area contributed by atoms with E-state index in [1.54, 1.807) is 0 Å². The zero-order chi connectivity index (χ0) is 15.6. The highest BCUT2D eigenvalue weighted by Gasteiger charge is 2.46. The highest BCUT2D eigenvalue weighted by atomic mass is 16.6. The Balaban J connectivity index is 2.02. The van der Waals surface area contributed by atoms with Crippen molar-refractivity contribution in [3.63, 3.8) is 0 Å². The first-order valence-corrected chi connectivity index (χ1v) is 7.81. The van der Waals surface area contributed by atoms with Gasteiger partial charge in [-0.1, -0.05) is 20.8 Å². The second kappa shape index (κ2) is 6.88. The molecule has 0 aromatic carbocycles. The fraction of sp³-hybridized carbons (Fsp3) is 0.875. The molecule has 0 amide bonds. The Labute approximate surface area is 126 Å². The van der Waals surface area contributed by atoms with Crippen molar-refractivity contribution < 1.29 is 23.8 Å². The van der Waals surface area contributed by atoms with E-state index in [-0.39, 0.29) is 42.2 Å². The SMILES string of the molecule is COC(=O)C[C@H]1CC[C@@H]2O[C@@H]([C@@H](C)C=O)[C@@H](C)[C@@H](C)[C@H]2O1. The predicted octanol–water partition coefficient (Wildman–Crippen LogP) is 1.97. The van der Waals surface area contributed by atoms with Gasteiger partial charge in [0.1, 0.15) is 6.29 Å². The first-order valence-electron chi connectivity index (χ1n) is 7.81. The van der Waals surface area contributed by atoms with Crippen molar-refractivity contribution in [2.24, 2.45) is 17.8 Å². The third-order valence-corrected chi connectivity index (χ3v) is 5.04. The minimum atomic E-state index is -0.233. The average Bonchev–Trinajstić information content (AvgIpc) is 2.50. The van der Waals surface area contributed by atoms with Crippen LogP contribution in [0.1, 0.15) is 40.0 Å². The molecule has 0 aliphatic carbocycles. The van der Waals surface area contributed by atoms with Gasteiger partial charge in [-0.15, -0.1) is 0 Å². The normalized spacial score (nSPS) is 41.0. The van der Waals surface area contributed by atoms with Gasteiger partial charge in [0.15, 0.2) is 0 Å². The fourth-order valence-corrected chi connectivity index (χ4v) is 3.52. The number of methoxy groups -OCH3 is 1. The molecule has 5 nitrogen and oxygen atoms in total. The summed E-state index contributed by atoms with van der Waals surface area (Å²) in [5, 5.41) is 0. The lowest BCUT2D eigenvalue weighted by Crippen LogP contribution is -2.55. The molecule has 2 aliphatic heterocycles. The molecule has 0 unspecified atom stereocenters. The summed E-state index contributed by atoms with van der Waals surface area (Å²) in [4.78, 5) is 22.5. The Hall–Kier alpha value is -0.940. The van der Waals surface area contributed by atoms with Crippen LogP contribution in [0, 0.1) is 17.8 Å².